The molecule has 27 heavy (non-hydrogen) atoms. The van der Waals surface area contributed by atoms with E-state index >= 15 is 0 Å². The van der Waals surface area contributed by atoms with Gasteiger partial charge in [0.1, 0.15) is 0 Å². The Morgan fingerprint density at radius 3 is 2.81 bits per heavy atom. The van der Waals surface area contributed by atoms with Gasteiger partial charge >= 0.3 is 5.63 Å². The SMILES string of the molecule is COc1cccc2cc(-c3csc(Nc4ccc(Cl)cc4Cl)n3)c(=O)oc12. The minimum Gasteiger partial charge on any atom is -0.493 e. The van der Waals surface area contributed by atoms with E-state index in [2.05, 4.69) is 10.3 Å². The molecule has 0 saturated carbocycles. The van der Waals surface area contributed by atoms with Crippen LogP contribution in [0.25, 0.3) is 22.2 Å². The summed E-state index contributed by atoms with van der Waals surface area (Å²) >= 11 is 13.4. The van der Waals surface area contributed by atoms with Crippen LogP contribution in [0, 0.1) is 0 Å². The third-order valence-corrected chi connectivity index (χ3v) is 5.20. The predicted octanol–water partition coefficient (Wildman–Crippen LogP) is 5.98. The van der Waals surface area contributed by atoms with Crippen molar-refractivity contribution >= 4 is 56.3 Å². The van der Waals surface area contributed by atoms with Gasteiger partial charge in [0.25, 0.3) is 0 Å². The highest BCUT2D eigenvalue weighted by atomic mass is 35.5. The molecule has 0 fully saturated rings. The monoisotopic (exact) mass is 418 g/mol. The fourth-order valence-corrected chi connectivity index (χ4v) is 3.80. The summed E-state index contributed by atoms with van der Waals surface area (Å²) < 4.78 is 10.7. The molecule has 0 bridgehead atoms. The van der Waals surface area contributed by atoms with E-state index in [0.717, 1.165) is 5.39 Å². The Morgan fingerprint density at radius 1 is 1.19 bits per heavy atom. The Morgan fingerprint density at radius 2 is 2.04 bits per heavy atom. The zero-order chi connectivity index (χ0) is 19.0. The Hall–Kier alpha value is -2.54. The van der Waals surface area contributed by atoms with E-state index in [1.165, 1.54) is 18.4 Å². The Kier molecular flexibility index (Phi) is 4.78. The molecule has 5 nitrogen and oxygen atoms in total. The van der Waals surface area contributed by atoms with Gasteiger partial charge in [-0.15, -0.1) is 11.3 Å². The Balaban J connectivity index is 1.71. The molecule has 1 N–H and O–H groups in total. The first kappa shape index (κ1) is 17.9. The van der Waals surface area contributed by atoms with Crippen molar-refractivity contribution in [3.8, 4) is 17.0 Å². The van der Waals surface area contributed by atoms with Crippen molar-refractivity contribution in [3.05, 3.63) is 68.3 Å². The van der Waals surface area contributed by atoms with Crippen LogP contribution in [0.4, 0.5) is 10.8 Å². The molecular formula is C19H12Cl2N2O3S. The van der Waals surface area contributed by atoms with Crippen molar-refractivity contribution in [2.45, 2.75) is 0 Å². The smallest absolute Gasteiger partial charge is 0.345 e. The third-order valence-electron chi connectivity index (χ3n) is 3.90. The van der Waals surface area contributed by atoms with Gasteiger partial charge < -0.3 is 14.5 Å². The maximum absolute atomic E-state index is 12.4. The number of para-hydroxylation sites is 1. The summed E-state index contributed by atoms with van der Waals surface area (Å²) in [7, 11) is 1.53. The van der Waals surface area contributed by atoms with Crippen LogP contribution in [0.5, 0.6) is 5.75 Å². The molecule has 0 radical (unpaired) electrons. The van der Waals surface area contributed by atoms with E-state index < -0.39 is 5.63 Å². The van der Waals surface area contributed by atoms with Gasteiger partial charge in [-0.3, -0.25) is 0 Å². The second kappa shape index (κ2) is 7.23. The fourth-order valence-electron chi connectivity index (χ4n) is 2.62. The standard InChI is InChI=1S/C19H12Cl2N2O3S/c1-25-16-4-2-3-10-7-12(18(24)26-17(10)16)15-9-27-19(23-15)22-14-6-5-11(20)8-13(14)21/h2-9H,1H3,(H,22,23). The van der Waals surface area contributed by atoms with Crippen LogP contribution in [0.1, 0.15) is 0 Å². The minimum absolute atomic E-state index is 0.377. The summed E-state index contributed by atoms with van der Waals surface area (Å²) in [6.07, 6.45) is 0. The number of fused-ring (bicyclic) bond motifs is 1. The first-order valence-electron chi connectivity index (χ1n) is 7.84. The number of halogens is 2. The molecule has 0 spiro atoms. The predicted molar refractivity (Wildman–Crippen MR) is 110 cm³/mol. The lowest BCUT2D eigenvalue weighted by Gasteiger charge is -2.05. The van der Waals surface area contributed by atoms with Gasteiger partial charge in [0, 0.05) is 15.8 Å². The van der Waals surface area contributed by atoms with Gasteiger partial charge in [-0.2, -0.15) is 0 Å². The van der Waals surface area contributed by atoms with Crippen LogP contribution < -0.4 is 15.7 Å². The Labute approximate surface area is 168 Å². The summed E-state index contributed by atoms with van der Waals surface area (Å²) in [5, 5.41) is 7.30. The maximum atomic E-state index is 12.4. The van der Waals surface area contributed by atoms with Gasteiger partial charge in [0.2, 0.25) is 0 Å². The lowest BCUT2D eigenvalue weighted by atomic mass is 10.1. The molecule has 136 valence electrons. The first-order chi connectivity index (χ1) is 13.0. The highest BCUT2D eigenvalue weighted by Gasteiger charge is 2.14. The van der Waals surface area contributed by atoms with Crippen molar-refractivity contribution in [1.29, 1.82) is 0 Å². The van der Waals surface area contributed by atoms with Crippen LogP contribution in [-0.2, 0) is 0 Å². The van der Waals surface area contributed by atoms with Gasteiger partial charge in [0.15, 0.2) is 16.5 Å². The summed E-state index contributed by atoms with van der Waals surface area (Å²) in [5.41, 5.74) is 1.51. The number of ether oxygens (including phenoxy) is 1. The number of hydrogen-bond donors (Lipinski definition) is 1. The summed E-state index contributed by atoms with van der Waals surface area (Å²) in [4.78, 5) is 16.9. The van der Waals surface area contributed by atoms with Crippen LogP contribution in [0.3, 0.4) is 0 Å². The molecule has 2 heterocycles. The molecule has 2 aromatic heterocycles. The summed E-state index contributed by atoms with van der Waals surface area (Å²) in [6.45, 7) is 0. The molecule has 0 aliphatic carbocycles. The molecule has 4 rings (SSSR count). The van der Waals surface area contributed by atoms with Gasteiger partial charge in [-0.1, -0.05) is 35.3 Å². The second-order valence-corrected chi connectivity index (χ2v) is 7.31. The van der Waals surface area contributed by atoms with Gasteiger partial charge in [0.05, 0.1) is 29.1 Å². The Bertz CT molecular complexity index is 1200. The van der Waals surface area contributed by atoms with E-state index in [9.17, 15) is 4.79 Å². The molecule has 0 amide bonds. The normalized spacial score (nSPS) is 10.9. The maximum Gasteiger partial charge on any atom is 0.345 e. The number of aromatic nitrogens is 1. The molecule has 0 aliphatic rings. The lowest BCUT2D eigenvalue weighted by Crippen LogP contribution is -2.03. The van der Waals surface area contributed by atoms with Crippen LogP contribution >= 0.6 is 34.5 Å². The topological polar surface area (TPSA) is 64.4 Å². The first-order valence-corrected chi connectivity index (χ1v) is 9.47. The number of thiazole rings is 1. The quantitative estimate of drug-likeness (QED) is 0.413. The zero-order valence-corrected chi connectivity index (χ0v) is 16.3. The van der Waals surface area contributed by atoms with Crippen molar-refractivity contribution in [2.24, 2.45) is 0 Å². The molecule has 8 heteroatoms. The van der Waals surface area contributed by atoms with E-state index in [0.29, 0.717) is 43.5 Å². The largest absolute Gasteiger partial charge is 0.493 e. The highest BCUT2D eigenvalue weighted by molar-refractivity contribution is 7.14. The molecule has 0 aliphatic heterocycles. The minimum atomic E-state index is -0.478. The number of hydrogen-bond acceptors (Lipinski definition) is 6. The third kappa shape index (κ3) is 3.51. The molecule has 2 aromatic carbocycles. The van der Waals surface area contributed by atoms with Crippen molar-refractivity contribution in [1.82, 2.24) is 4.98 Å². The number of benzene rings is 2. The number of rotatable bonds is 4. The van der Waals surface area contributed by atoms with Crippen LogP contribution in [0.2, 0.25) is 10.0 Å². The van der Waals surface area contributed by atoms with Crippen molar-refractivity contribution in [3.63, 3.8) is 0 Å². The van der Waals surface area contributed by atoms with E-state index in [1.807, 2.05) is 12.1 Å². The zero-order valence-electron chi connectivity index (χ0n) is 14.0. The number of nitrogens with zero attached hydrogens (tertiary/aromatic N) is 1. The molecule has 0 saturated heterocycles. The second-order valence-electron chi connectivity index (χ2n) is 5.61. The average Bonchev–Trinajstić information content (AvgIpc) is 3.11. The van der Waals surface area contributed by atoms with Crippen molar-refractivity contribution in [2.75, 3.05) is 12.4 Å². The van der Waals surface area contributed by atoms with Crippen LogP contribution in [-0.4, -0.2) is 12.1 Å². The van der Waals surface area contributed by atoms with Crippen molar-refractivity contribution < 1.29 is 9.15 Å². The lowest BCUT2D eigenvalue weighted by molar-refractivity contribution is 0.407. The van der Waals surface area contributed by atoms with Crippen LogP contribution in [0.15, 0.2) is 57.1 Å². The van der Waals surface area contributed by atoms with E-state index in [-0.39, 0.29) is 0 Å². The van der Waals surface area contributed by atoms with Gasteiger partial charge in [-0.05, 0) is 30.3 Å². The summed E-state index contributed by atoms with van der Waals surface area (Å²) in [5.74, 6) is 0.508. The molecular weight excluding hydrogens is 407 g/mol. The molecule has 0 atom stereocenters. The number of nitrogens with one attached hydrogen (secondary N) is 1. The van der Waals surface area contributed by atoms with E-state index in [4.69, 9.17) is 32.4 Å². The highest BCUT2D eigenvalue weighted by Crippen LogP contribution is 2.32. The average molecular weight is 419 g/mol. The summed E-state index contributed by atoms with van der Waals surface area (Å²) in [6, 6.07) is 12.3. The molecule has 4 aromatic rings. The van der Waals surface area contributed by atoms with E-state index in [1.54, 1.807) is 35.7 Å². The van der Waals surface area contributed by atoms with Gasteiger partial charge in [-0.25, -0.2) is 9.78 Å². The number of anilines is 2. The fraction of sp³-hybridized carbons (Fsp3) is 0.0526. The molecule has 0 unspecified atom stereocenters. The number of methoxy groups -OCH3 is 1.